The van der Waals surface area contributed by atoms with E-state index < -0.39 is 10.0 Å². The number of carbonyl (C=O) groups excluding carboxylic acids is 2. The van der Waals surface area contributed by atoms with Gasteiger partial charge in [-0.15, -0.1) is 0 Å². The molecular formula is C41H42N4O4S. The summed E-state index contributed by atoms with van der Waals surface area (Å²) < 4.78 is 30.7. The maximum absolute atomic E-state index is 14.8. The Kier molecular flexibility index (Phi) is 8.96. The van der Waals surface area contributed by atoms with Crippen LogP contribution in [0.2, 0.25) is 0 Å². The minimum absolute atomic E-state index is 0.0316. The Morgan fingerprint density at radius 2 is 1.46 bits per heavy atom. The van der Waals surface area contributed by atoms with Crippen LogP contribution in [0.15, 0.2) is 103 Å². The van der Waals surface area contributed by atoms with Gasteiger partial charge in [-0.2, -0.15) is 4.31 Å². The van der Waals surface area contributed by atoms with Crippen molar-refractivity contribution in [1.82, 2.24) is 13.8 Å². The molecule has 0 radical (unpaired) electrons. The number of para-hydroxylation sites is 1. The van der Waals surface area contributed by atoms with Gasteiger partial charge in [-0.3, -0.25) is 9.59 Å². The van der Waals surface area contributed by atoms with Crippen LogP contribution in [0.5, 0.6) is 0 Å². The molecule has 0 bridgehead atoms. The number of benzene rings is 4. The number of nitrogens with zero attached hydrogens (tertiary/aromatic N) is 4. The molecule has 1 atom stereocenters. The lowest BCUT2D eigenvalue weighted by Gasteiger charge is -2.36. The van der Waals surface area contributed by atoms with Gasteiger partial charge in [0.25, 0.3) is 11.8 Å². The number of amides is 2. The van der Waals surface area contributed by atoms with Crippen LogP contribution in [0.25, 0.3) is 11.3 Å². The van der Waals surface area contributed by atoms with E-state index in [1.54, 1.807) is 16.3 Å². The standard InChI is InChI=1S/C41H42N4O4S/c1-28-21-31-15-11-12-16-33(31)26-45(28)41(47)38-23-34-25-44(50(48,49)27-30-13-7-5-8-14-30)20-19-32(34)22-37(38)39-24-36(29(2)42(39)3)40(46)43(4)35-17-9-6-10-18-35/h5-18,22-24,28H,19-21,25-27H2,1-4H3/t28-/m1/s1. The molecule has 4 aromatic carbocycles. The number of aromatic nitrogens is 1. The molecule has 8 nitrogen and oxygen atoms in total. The van der Waals surface area contributed by atoms with Crippen LogP contribution >= 0.6 is 0 Å². The lowest BCUT2D eigenvalue weighted by molar-refractivity contribution is 0.0658. The van der Waals surface area contributed by atoms with Crippen LogP contribution < -0.4 is 4.90 Å². The van der Waals surface area contributed by atoms with Crippen molar-refractivity contribution in [3.63, 3.8) is 0 Å². The van der Waals surface area contributed by atoms with Crippen molar-refractivity contribution in [2.24, 2.45) is 7.05 Å². The van der Waals surface area contributed by atoms with E-state index in [0.717, 1.165) is 51.3 Å². The third-order valence-electron chi connectivity index (χ3n) is 10.4. The van der Waals surface area contributed by atoms with Crippen molar-refractivity contribution in [3.8, 4) is 11.3 Å². The van der Waals surface area contributed by atoms with E-state index in [1.165, 1.54) is 5.56 Å². The monoisotopic (exact) mass is 686 g/mol. The summed E-state index contributed by atoms with van der Waals surface area (Å²) in [6.07, 6.45) is 1.27. The van der Waals surface area contributed by atoms with Gasteiger partial charge in [0.1, 0.15) is 0 Å². The zero-order valence-electron chi connectivity index (χ0n) is 29.0. The van der Waals surface area contributed by atoms with Gasteiger partial charge < -0.3 is 14.4 Å². The molecule has 1 aromatic heterocycles. The first-order valence-electron chi connectivity index (χ1n) is 17.1. The van der Waals surface area contributed by atoms with Crippen molar-refractivity contribution in [3.05, 3.63) is 148 Å². The summed E-state index contributed by atoms with van der Waals surface area (Å²) >= 11 is 0. The maximum Gasteiger partial charge on any atom is 0.259 e. The van der Waals surface area contributed by atoms with E-state index in [-0.39, 0.29) is 30.2 Å². The highest BCUT2D eigenvalue weighted by atomic mass is 32.2. The predicted molar refractivity (Wildman–Crippen MR) is 197 cm³/mol. The van der Waals surface area contributed by atoms with Crippen molar-refractivity contribution < 1.29 is 18.0 Å². The minimum Gasteiger partial charge on any atom is -0.347 e. The zero-order valence-corrected chi connectivity index (χ0v) is 29.8. The largest absolute Gasteiger partial charge is 0.347 e. The van der Waals surface area contributed by atoms with Crippen LogP contribution in [-0.2, 0) is 48.8 Å². The molecule has 9 heteroatoms. The molecule has 50 heavy (non-hydrogen) atoms. The average molecular weight is 687 g/mol. The zero-order chi connectivity index (χ0) is 35.2. The third kappa shape index (κ3) is 6.27. The summed E-state index contributed by atoms with van der Waals surface area (Å²) in [6, 6.07) is 32.8. The highest BCUT2D eigenvalue weighted by Crippen LogP contribution is 2.36. The van der Waals surface area contributed by atoms with Crippen LogP contribution in [0.3, 0.4) is 0 Å². The Labute approximate surface area is 294 Å². The average Bonchev–Trinajstić information content (AvgIpc) is 3.43. The Bertz CT molecular complexity index is 2190. The Balaban J connectivity index is 1.29. The van der Waals surface area contributed by atoms with E-state index in [1.807, 2.05) is 108 Å². The van der Waals surface area contributed by atoms with Gasteiger partial charge in [0.15, 0.2) is 0 Å². The third-order valence-corrected chi connectivity index (χ3v) is 12.2. The quantitative estimate of drug-likeness (QED) is 0.190. The molecule has 256 valence electrons. The minimum atomic E-state index is -3.60. The first-order chi connectivity index (χ1) is 24.0. The lowest BCUT2D eigenvalue weighted by Crippen LogP contribution is -2.43. The fourth-order valence-electron chi connectivity index (χ4n) is 7.32. The number of hydrogen-bond donors (Lipinski definition) is 0. The van der Waals surface area contributed by atoms with E-state index in [0.29, 0.717) is 30.6 Å². The summed E-state index contributed by atoms with van der Waals surface area (Å²) in [5.41, 5.74) is 9.11. The molecule has 0 spiro atoms. The molecule has 0 saturated heterocycles. The Morgan fingerprint density at radius 3 is 2.18 bits per heavy atom. The van der Waals surface area contributed by atoms with Crippen LogP contribution in [0.4, 0.5) is 5.69 Å². The van der Waals surface area contributed by atoms with Gasteiger partial charge in [0, 0.05) is 68.0 Å². The summed E-state index contributed by atoms with van der Waals surface area (Å²) in [5, 5.41) is 0. The van der Waals surface area contributed by atoms with Gasteiger partial charge in [-0.05, 0) is 84.8 Å². The summed E-state index contributed by atoms with van der Waals surface area (Å²) in [4.78, 5) is 32.2. The first-order valence-corrected chi connectivity index (χ1v) is 18.7. The van der Waals surface area contributed by atoms with Crippen molar-refractivity contribution in [1.29, 1.82) is 0 Å². The van der Waals surface area contributed by atoms with Crippen LogP contribution in [-0.4, -0.2) is 53.6 Å². The second-order valence-electron chi connectivity index (χ2n) is 13.5. The summed E-state index contributed by atoms with van der Waals surface area (Å²) in [5.74, 6) is -0.321. The number of anilines is 1. The van der Waals surface area contributed by atoms with Crippen molar-refractivity contribution in [2.75, 3.05) is 18.5 Å². The molecule has 0 N–H and O–H groups in total. The molecule has 5 aromatic rings. The summed E-state index contributed by atoms with van der Waals surface area (Å²) in [6.45, 7) is 5.04. The Hall–Kier alpha value is -4.99. The van der Waals surface area contributed by atoms with E-state index in [9.17, 15) is 18.0 Å². The summed E-state index contributed by atoms with van der Waals surface area (Å²) in [7, 11) is 0.0995. The highest BCUT2D eigenvalue weighted by molar-refractivity contribution is 7.88. The molecule has 3 heterocycles. The number of hydrogen-bond acceptors (Lipinski definition) is 4. The molecule has 2 aliphatic rings. The van der Waals surface area contributed by atoms with Crippen LogP contribution in [0.1, 0.15) is 61.2 Å². The van der Waals surface area contributed by atoms with Crippen LogP contribution in [0, 0.1) is 6.92 Å². The Morgan fingerprint density at radius 1 is 0.800 bits per heavy atom. The number of carbonyl (C=O) groups is 2. The molecule has 0 fully saturated rings. The molecule has 2 amide bonds. The molecule has 7 rings (SSSR count). The maximum atomic E-state index is 14.8. The highest BCUT2D eigenvalue weighted by Gasteiger charge is 2.33. The van der Waals surface area contributed by atoms with Gasteiger partial charge in [0.05, 0.1) is 11.3 Å². The molecule has 0 saturated carbocycles. The second-order valence-corrected chi connectivity index (χ2v) is 15.5. The second kappa shape index (κ2) is 13.4. The number of fused-ring (bicyclic) bond motifs is 2. The number of rotatable bonds is 7. The normalized spacial score (nSPS) is 16.1. The molecule has 0 unspecified atom stereocenters. The molecule has 2 aliphatic heterocycles. The van der Waals surface area contributed by atoms with E-state index in [4.69, 9.17) is 0 Å². The molecule has 0 aliphatic carbocycles. The topological polar surface area (TPSA) is 82.9 Å². The SMILES string of the molecule is Cc1c(C(=O)N(C)c2ccccc2)cc(-c2cc3c(cc2C(=O)N2Cc4ccccc4C[C@H]2C)CN(S(=O)(=O)Cc2ccccc2)CC3)n1C. The predicted octanol–water partition coefficient (Wildman–Crippen LogP) is 6.75. The smallest absolute Gasteiger partial charge is 0.259 e. The van der Waals surface area contributed by atoms with Gasteiger partial charge in [-0.25, -0.2) is 8.42 Å². The van der Waals surface area contributed by atoms with Gasteiger partial charge in [-0.1, -0.05) is 72.8 Å². The fourth-order valence-corrected chi connectivity index (χ4v) is 8.82. The number of sulfonamides is 1. The molecular weight excluding hydrogens is 645 g/mol. The lowest BCUT2D eigenvalue weighted by atomic mass is 9.90. The first kappa shape index (κ1) is 33.5. The fraction of sp³-hybridized carbons (Fsp3) is 0.268. The van der Waals surface area contributed by atoms with Crippen molar-refractivity contribution in [2.45, 2.75) is 51.6 Å². The van der Waals surface area contributed by atoms with Crippen molar-refractivity contribution >= 4 is 27.5 Å². The van der Waals surface area contributed by atoms with Gasteiger partial charge in [0.2, 0.25) is 10.0 Å². The van der Waals surface area contributed by atoms with E-state index >= 15 is 0 Å². The van der Waals surface area contributed by atoms with Gasteiger partial charge >= 0.3 is 0 Å². The van der Waals surface area contributed by atoms with E-state index in [2.05, 4.69) is 25.1 Å².